The maximum atomic E-state index is 6.01. The van der Waals surface area contributed by atoms with Gasteiger partial charge in [-0.25, -0.2) is 0 Å². The van der Waals surface area contributed by atoms with Gasteiger partial charge in [0.05, 0.1) is 7.11 Å². The Balaban J connectivity index is 2.60. The van der Waals surface area contributed by atoms with Crippen molar-refractivity contribution in [2.75, 3.05) is 7.11 Å². The van der Waals surface area contributed by atoms with E-state index in [1.54, 1.807) is 7.11 Å². The number of rotatable bonds is 1. The van der Waals surface area contributed by atoms with Gasteiger partial charge >= 0.3 is 0 Å². The molecule has 0 spiro atoms. The molecule has 0 radical (unpaired) electrons. The minimum atomic E-state index is 0.171. The lowest BCUT2D eigenvalue weighted by molar-refractivity contribution is 0.407. The van der Waals surface area contributed by atoms with Gasteiger partial charge in [0.1, 0.15) is 5.75 Å². The van der Waals surface area contributed by atoms with Crippen LogP contribution in [-0.4, -0.2) is 7.11 Å². The summed E-state index contributed by atoms with van der Waals surface area (Å²) in [5.74, 6) is 0.950. The largest absolute Gasteiger partial charge is 0.496 e. The van der Waals surface area contributed by atoms with E-state index in [0.717, 1.165) is 18.6 Å². The Hall–Kier alpha value is -1.02. The highest BCUT2D eigenvalue weighted by atomic mass is 16.5. The van der Waals surface area contributed by atoms with Crippen LogP contribution in [0.15, 0.2) is 12.1 Å². The number of aryl methyl sites for hydroxylation is 1. The van der Waals surface area contributed by atoms with E-state index in [0.29, 0.717) is 0 Å². The van der Waals surface area contributed by atoms with E-state index in [1.165, 1.54) is 16.7 Å². The van der Waals surface area contributed by atoms with Crippen molar-refractivity contribution in [3.63, 3.8) is 0 Å². The third-order valence-corrected chi connectivity index (χ3v) is 2.85. The van der Waals surface area contributed by atoms with E-state index >= 15 is 0 Å². The summed E-state index contributed by atoms with van der Waals surface area (Å²) in [4.78, 5) is 0. The maximum Gasteiger partial charge on any atom is 0.123 e. The van der Waals surface area contributed by atoms with E-state index in [4.69, 9.17) is 10.5 Å². The summed E-state index contributed by atoms with van der Waals surface area (Å²) >= 11 is 0. The molecule has 2 heteroatoms. The lowest BCUT2D eigenvalue weighted by Gasteiger charge is -2.12. The van der Waals surface area contributed by atoms with E-state index in [2.05, 4.69) is 13.0 Å². The average molecular weight is 177 g/mol. The second kappa shape index (κ2) is 3.04. The lowest BCUT2D eigenvalue weighted by Crippen LogP contribution is -2.07. The van der Waals surface area contributed by atoms with E-state index in [-0.39, 0.29) is 6.04 Å². The summed E-state index contributed by atoms with van der Waals surface area (Å²) in [6.45, 7) is 2.14. The highest BCUT2D eigenvalue weighted by molar-refractivity contribution is 5.49. The molecule has 2 N–H and O–H groups in total. The highest BCUT2D eigenvalue weighted by Gasteiger charge is 2.24. The molecule has 13 heavy (non-hydrogen) atoms. The van der Waals surface area contributed by atoms with Gasteiger partial charge in [0.15, 0.2) is 0 Å². The standard InChI is InChI=1S/C11H15NO/c1-7-3-6-10(13-2)11-8(7)4-5-9(11)12/h3,6,9H,4-5,12H2,1-2H3/t9-/m1/s1. The number of fused-ring (bicyclic) bond motifs is 1. The smallest absolute Gasteiger partial charge is 0.123 e. The summed E-state index contributed by atoms with van der Waals surface area (Å²) < 4.78 is 5.30. The molecule has 0 saturated carbocycles. The van der Waals surface area contributed by atoms with Crippen LogP contribution in [0.5, 0.6) is 5.75 Å². The van der Waals surface area contributed by atoms with Gasteiger partial charge in [-0.2, -0.15) is 0 Å². The summed E-state index contributed by atoms with van der Waals surface area (Å²) in [5.41, 5.74) is 9.97. The first-order valence-electron chi connectivity index (χ1n) is 4.66. The average Bonchev–Trinajstić information content (AvgIpc) is 2.51. The van der Waals surface area contributed by atoms with Gasteiger partial charge in [0, 0.05) is 11.6 Å². The predicted molar refractivity (Wildman–Crippen MR) is 53.0 cm³/mol. The predicted octanol–water partition coefficient (Wildman–Crippen LogP) is 1.95. The molecule has 2 rings (SSSR count). The zero-order valence-electron chi connectivity index (χ0n) is 8.13. The van der Waals surface area contributed by atoms with E-state index < -0.39 is 0 Å². The fraction of sp³-hybridized carbons (Fsp3) is 0.455. The molecule has 0 aliphatic heterocycles. The number of benzene rings is 1. The molecule has 0 heterocycles. The molecule has 0 saturated heterocycles. The minimum absolute atomic E-state index is 0.171. The Labute approximate surface area is 78.7 Å². The molecular formula is C11H15NO. The molecular weight excluding hydrogens is 162 g/mol. The number of ether oxygens (including phenoxy) is 1. The summed E-state index contributed by atoms with van der Waals surface area (Å²) in [7, 11) is 1.70. The number of nitrogens with two attached hydrogens (primary N) is 1. The Morgan fingerprint density at radius 2 is 2.23 bits per heavy atom. The molecule has 0 aromatic heterocycles. The van der Waals surface area contributed by atoms with Crippen molar-refractivity contribution in [2.45, 2.75) is 25.8 Å². The molecule has 1 aromatic rings. The first-order chi connectivity index (χ1) is 6.24. The van der Waals surface area contributed by atoms with Crippen LogP contribution in [0, 0.1) is 6.92 Å². The van der Waals surface area contributed by atoms with Crippen LogP contribution >= 0.6 is 0 Å². The summed E-state index contributed by atoms with van der Waals surface area (Å²) in [6.07, 6.45) is 2.15. The monoisotopic (exact) mass is 177 g/mol. The molecule has 70 valence electrons. The topological polar surface area (TPSA) is 35.2 Å². The second-order valence-corrected chi connectivity index (χ2v) is 3.62. The molecule has 1 aromatic carbocycles. The van der Waals surface area contributed by atoms with E-state index in [9.17, 15) is 0 Å². The van der Waals surface area contributed by atoms with Gasteiger partial charge in [-0.15, -0.1) is 0 Å². The number of hydrogen-bond donors (Lipinski definition) is 1. The van der Waals surface area contributed by atoms with Crippen molar-refractivity contribution in [1.82, 2.24) is 0 Å². The summed E-state index contributed by atoms with van der Waals surface area (Å²) in [6, 6.07) is 4.29. The normalized spacial score (nSPS) is 20.1. The first-order valence-corrected chi connectivity index (χ1v) is 4.66. The Bertz CT molecular complexity index is 333. The van der Waals surface area contributed by atoms with Gasteiger partial charge in [-0.3, -0.25) is 0 Å². The second-order valence-electron chi connectivity index (χ2n) is 3.62. The van der Waals surface area contributed by atoms with Crippen LogP contribution in [-0.2, 0) is 6.42 Å². The highest BCUT2D eigenvalue weighted by Crippen LogP contribution is 2.37. The maximum absolute atomic E-state index is 6.01. The third-order valence-electron chi connectivity index (χ3n) is 2.85. The first kappa shape index (κ1) is 8.57. The zero-order valence-corrected chi connectivity index (χ0v) is 8.13. The van der Waals surface area contributed by atoms with E-state index in [1.807, 2.05) is 6.07 Å². The SMILES string of the molecule is COc1ccc(C)c2c1[C@H](N)CC2. The van der Waals surface area contributed by atoms with Gasteiger partial charge in [0.25, 0.3) is 0 Å². The number of methoxy groups -OCH3 is 1. The van der Waals surface area contributed by atoms with Crippen molar-refractivity contribution in [1.29, 1.82) is 0 Å². The Morgan fingerprint density at radius 3 is 2.92 bits per heavy atom. The van der Waals surface area contributed by atoms with Gasteiger partial charge < -0.3 is 10.5 Å². The fourth-order valence-corrected chi connectivity index (χ4v) is 2.11. The molecule has 1 aliphatic rings. The van der Waals surface area contributed by atoms with Crippen molar-refractivity contribution < 1.29 is 4.74 Å². The van der Waals surface area contributed by atoms with Crippen LogP contribution in [0.3, 0.4) is 0 Å². The van der Waals surface area contributed by atoms with Gasteiger partial charge in [-0.1, -0.05) is 6.07 Å². The van der Waals surface area contributed by atoms with Crippen LogP contribution < -0.4 is 10.5 Å². The van der Waals surface area contributed by atoms with Gasteiger partial charge in [0.2, 0.25) is 0 Å². The molecule has 0 bridgehead atoms. The van der Waals surface area contributed by atoms with Crippen LogP contribution in [0.1, 0.15) is 29.2 Å². The Morgan fingerprint density at radius 1 is 1.46 bits per heavy atom. The summed E-state index contributed by atoms with van der Waals surface area (Å²) in [5, 5.41) is 0. The van der Waals surface area contributed by atoms with Crippen LogP contribution in [0.2, 0.25) is 0 Å². The Kier molecular flexibility index (Phi) is 2.00. The molecule has 2 nitrogen and oxygen atoms in total. The van der Waals surface area contributed by atoms with Crippen molar-refractivity contribution in [3.8, 4) is 5.75 Å². The molecule has 0 fully saturated rings. The van der Waals surface area contributed by atoms with Crippen molar-refractivity contribution in [2.24, 2.45) is 5.73 Å². The van der Waals surface area contributed by atoms with Crippen LogP contribution in [0.25, 0.3) is 0 Å². The minimum Gasteiger partial charge on any atom is -0.496 e. The number of hydrogen-bond acceptors (Lipinski definition) is 2. The van der Waals surface area contributed by atoms with Gasteiger partial charge in [-0.05, 0) is 37.0 Å². The quantitative estimate of drug-likeness (QED) is 0.711. The third kappa shape index (κ3) is 1.22. The van der Waals surface area contributed by atoms with Crippen molar-refractivity contribution in [3.05, 3.63) is 28.8 Å². The van der Waals surface area contributed by atoms with Crippen molar-refractivity contribution >= 4 is 0 Å². The zero-order chi connectivity index (χ0) is 9.42. The van der Waals surface area contributed by atoms with Crippen LogP contribution in [0.4, 0.5) is 0 Å². The molecule has 1 aliphatic carbocycles. The molecule has 0 unspecified atom stereocenters. The molecule has 0 amide bonds. The lowest BCUT2D eigenvalue weighted by atomic mass is 10.0. The molecule has 1 atom stereocenters. The fourth-order valence-electron chi connectivity index (χ4n) is 2.11.